The van der Waals surface area contributed by atoms with Crippen LogP contribution in [0.1, 0.15) is 41.9 Å². The molecular weight excluding hydrogens is 391 g/mol. The molecule has 0 spiro atoms. The fraction of sp³-hybridized carbons (Fsp3) is 0.381. The molecule has 0 aromatic heterocycles. The molecular formula is C21H21F5N2O. The highest BCUT2D eigenvalue weighted by Gasteiger charge is 2.39. The average Bonchev–Trinajstić information content (AvgIpc) is 3.11. The third-order valence-electron chi connectivity index (χ3n) is 5.26. The smallest absolute Gasteiger partial charge is 0.335 e. The zero-order valence-corrected chi connectivity index (χ0v) is 15.8. The first kappa shape index (κ1) is 21.1. The van der Waals surface area contributed by atoms with E-state index in [1.165, 1.54) is 30.1 Å². The molecule has 2 amide bonds. The molecule has 2 unspecified atom stereocenters. The fourth-order valence-electron chi connectivity index (χ4n) is 3.83. The molecule has 3 nitrogen and oxygen atoms in total. The van der Waals surface area contributed by atoms with Gasteiger partial charge in [-0.1, -0.05) is 30.7 Å². The van der Waals surface area contributed by atoms with Gasteiger partial charge in [0.05, 0.1) is 5.56 Å². The van der Waals surface area contributed by atoms with E-state index in [2.05, 4.69) is 5.32 Å². The number of halogens is 5. The summed E-state index contributed by atoms with van der Waals surface area (Å²) in [6.07, 6.45) is -2.68. The van der Waals surface area contributed by atoms with Crippen molar-refractivity contribution < 1.29 is 26.7 Å². The summed E-state index contributed by atoms with van der Waals surface area (Å²) < 4.78 is 66.9. The van der Waals surface area contributed by atoms with Gasteiger partial charge in [-0.2, -0.15) is 13.2 Å². The Morgan fingerprint density at radius 1 is 1.14 bits per heavy atom. The molecule has 29 heavy (non-hydrogen) atoms. The number of alkyl halides is 3. The molecule has 1 aliphatic rings. The Morgan fingerprint density at radius 3 is 2.55 bits per heavy atom. The number of nitrogens with zero attached hydrogens (tertiary/aromatic N) is 1. The van der Waals surface area contributed by atoms with Crippen LogP contribution in [0.15, 0.2) is 42.5 Å². The Bertz CT molecular complexity index is 884. The van der Waals surface area contributed by atoms with Crippen molar-refractivity contribution >= 4 is 6.03 Å². The highest BCUT2D eigenvalue weighted by atomic mass is 19.4. The van der Waals surface area contributed by atoms with Gasteiger partial charge in [-0.3, -0.25) is 0 Å². The monoisotopic (exact) mass is 412 g/mol. The van der Waals surface area contributed by atoms with Gasteiger partial charge in [0.1, 0.15) is 11.6 Å². The largest absolute Gasteiger partial charge is 0.416 e. The Labute approximate surface area is 165 Å². The highest BCUT2D eigenvalue weighted by Crippen LogP contribution is 2.41. The lowest BCUT2D eigenvalue weighted by molar-refractivity contribution is -0.138. The van der Waals surface area contributed by atoms with Gasteiger partial charge in [-0.15, -0.1) is 0 Å². The average molecular weight is 412 g/mol. The molecule has 8 heteroatoms. The summed E-state index contributed by atoms with van der Waals surface area (Å²) in [5.74, 6) is -1.93. The first-order valence-corrected chi connectivity index (χ1v) is 9.28. The normalized spacial score (nSPS) is 19.2. The number of amides is 2. The minimum absolute atomic E-state index is 0.0888. The molecule has 1 aliphatic carbocycles. The van der Waals surface area contributed by atoms with E-state index >= 15 is 0 Å². The lowest BCUT2D eigenvalue weighted by atomic mass is 9.90. The van der Waals surface area contributed by atoms with E-state index < -0.39 is 41.4 Å². The summed E-state index contributed by atoms with van der Waals surface area (Å²) in [6, 6.07) is 7.54. The Hall–Kier alpha value is -2.64. The Kier molecular flexibility index (Phi) is 6.10. The van der Waals surface area contributed by atoms with Gasteiger partial charge in [-0.25, -0.2) is 13.6 Å². The lowest BCUT2D eigenvalue weighted by Crippen LogP contribution is -2.44. The van der Waals surface area contributed by atoms with Gasteiger partial charge in [0.2, 0.25) is 0 Å². The van der Waals surface area contributed by atoms with Crippen LogP contribution in [0.5, 0.6) is 0 Å². The van der Waals surface area contributed by atoms with Gasteiger partial charge in [-0.05, 0) is 30.5 Å². The number of carbonyl (C=O) groups excluding carboxylic acids is 1. The molecule has 0 heterocycles. The molecule has 2 aromatic rings. The first-order valence-electron chi connectivity index (χ1n) is 9.28. The number of carbonyl (C=O) groups is 1. The van der Waals surface area contributed by atoms with Crippen LogP contribution >= 0.6 is 0 Å². The molecule has 2 atom stereocenters. The Morgan fingerprint density at radius 2 is 1.86 bits per heavy atom. The molecule has 2 aromatic carbocycles. The van der Waals surface area contributed by atoms with E-state index in [9.17, 15) is 26.7 Å². The van der Waals surface area contributed by atoms with Crippen molar-refractivity contribution in [2.24, 2.45) is 0 Å². The van der Waals surface area contributed by atoms with E-state index in [0.717, 1.165) is 18.2 Å². The summed E-state index contributed by atoms with van der Waals surface area (Å²) in [5.41, 5.74) is -0.364. The molecule has 0 bridgehead atoms. The predicted molar refractivity (Wildman–Crippen MR) is 98.2 cm³/mol. The minimum atomic E-state index is -4.47. The molecule has 3 rings (SSSR count). The first-order chi connectivity index (χ1) is 13.7. The number of rotatable bonds is 4. The van der Waals surface area contributed by atoms with Crippen LogP contribution in [0.2, 0.25) is 0 Å². The third kappa shape index (κ3) is 4.86. The van der Waals surface area contributed by atoms with Crippen molar-refractivity contribution in [2.45, 2.75) is 43.9 Å². The van der Waals surface area contributed by atoms with Gasteiger partial charge < -0.3 is 10.2 Å². The fourth-order valence-corrected chi connectivity index (χ4v) is 3.83. The predicted octanol–water partition coefficient (Wildman–Crippen LogP) is 5.46. The van der Waals surface area contributed by atoms with Crippen molar-refractivity contribution in [1.82, 2.24) is 10.2 Å². The maximum atomic E-state index is 13.8. The summed E-state index contributed by atoms with van der Waals surface area (Å²) in [7, 11) is 1.45. The number of urea groups is 1. The van der Waals surface area contributed by atoms with E-state index in [4.69, 9.17) is 0 Å². The topological polar surface area (TPSA) is 32.3 Å². The Balaban J connectivity index is 1.72. The second kappa shape index (κ2) is 8.39. The lowest BCUT2D eigenvalue weighted by Gasteiger charge is -2.27. The zero-order valence-electron chi connectivity index (χ0n) is 15.8. The van der Waals surface area contributed by atoms with E-state index in [1.807, 2.05) is 0 Å². The van der Waals surface area contributed by atoms with Crippen LogP contribution < -0.4 is 5.32 Å². The quantitative estimate of drug-likeness (QED) is 0.665. The SMILES string of the molecule is CN(Cc1ccc(F)cc1F)C(=O)NC1CCCC1c1ccccc1C(F)(F)F. The number of nitrogens with one attached hydrogen (secondary N) is 1. The third-order valence-corrected chi connectivity index (χ3v) is 5.26. The van der Waals surface area contributed by atoms with E-state index in [0.29, 0.717) is 19.3 Å². The standard InChI is InChI=1S/C21H21F5N2O/c1-28(12-13-9-10-14(22)11-18(13)23)20(29)27-19-8-4-6-16(19)15-5-2-3-7-17(15)21(24,25)26/h2-3,5,7,9-11,16,19H,4,6,8,12H2,1H3,(H,27,29). The van der Waals surface area contributed by atoms with Gasteiger partial charge in [0, 0.05) is 37.2 Å². The second-order valence-corrected chi connectivity index (χ2v) is 7.27. The van der Waals surface area contributed by atoms with Crippen LogP contribution in [-0.4, -0.2) is 24.0 Å². The number of hydrogen-bond acceptors (Lipinski definition) is 1. The van der Waals surface area contributed by atoms with Crippen molar-refractivity contribution in [1.29, 1.82) is 0 Å². The van der Waals surface area contributed by atoms with Crippen LogP contribution in [-0.2, 0) is 12.7 Å². The van der Waals surface area contributed by atoms with Crippen LogP contribution in [0, 0.1) is 11.6 Å². The molecule has 156 valence electrons. The summed E-state index contributed by atoms with van der Waals surface area (Å²) in [4.78, 5) is 13.8. The van der Waals surface area contributed by atoms with E-state index in [1.54, 1.807) is 6.07 Å². The number of hydrogen-bond donors (Lipinski definition) is 1. The van der Waals surface area contributed by atoms with Crippen LogP contribution in [0.3, 0.4) is 0 Å². The van der Waals surface area contributed by atoms with Crippen molar-refractivity contribution in [3.63, 3.8) is 0 Å². The molecule has 1 fully saturated rings. The van der Waals surface area contributed by atoms with Crippen molar-refractivity contribution in [3.05, 3.63) is 70.8 Å². The van der Waals surface area contributed by atoms with Gasteiger partial charge >= 0.3 is 12.2 Å². The molecule has 0 saturated heterocycles. The maximum absolute atomic E-state index is 13.8. The van der Waals surface area contributed by atoms with Crippen molar-refractivity contribution in [3.8, 4) is 0 Å². The highest BCUT2D eigenvalue weighted by molar-refractivity contribution is 5.74. The maximum Gasteiger partial charge on any atom is 0.416 e. The summed E-state index contributed by atoms with van der Waals surface area (Å²) in [6.45, 7) is -0.0888. The van der Waals surface area contributed by atoms with Gasteiger partial charge in [0.25, 0.3) is 0 Å². The number of benzene rings is 2. The molecule has 0 aliphatic heterocycles. The summed E-state index contributed by atoms with van der Waals surface area (Å²) in [5, 5.41) is 2.78. The van der Waals surface area contributed by atoms with E-state index in [-0.39, 0.29) is 17.7 Å². The van der Waals surface area contributed by atoms with Crippen LogP contribution in [0.4, 0.5) is 26.7 Å². The summed E-state index contributed by atoms with van der Waals surface area (Å²) >= 11 is 0. The molecule has 1 N–H and O–H groups in total. The zero-order chi connectivity index (χ0) is 21.2. The van der Waals surface area contributed by atoms with Crippen LogP contribution in [0.25, 0.3) is 0 Å². The molecule has 0 radical (unpaired) electrons. The van der Waals surface area contributed by atoms with Gasteiger partial charge in [0.15, 0.2) is 0 Å². The molecule has 1 saturated carbocycles. The minimum Gasteiger partial charge on any atom is -0.335 e. The van der Waals surface area contributed by atoms with Crippen molar-refractivity contribution in [2.75, 3.05) is 7.05 Å². The second-order valence-electron chi connectivity index (χ2n) is 7.27.